The monoisotopic (exact) mass is 276 g/mol. The summed E-state index contributed by atoms with van der Waals surface area (Å²) in [5, 5.41) is 6.30. The SMILES string of the molecule is CCOc1ccccc1NC(=O)CCC1CCNCC1. The number of para-hydroxylation sites is 2. The number of hydrogen-bond acceptors (Lipinski definition) is 3. The summed E-state index contributed by atoms with van der Waals surface area (Å²) in [6.07, 6.45) is 3.93. The Morgan fingerprint density at radius 1 is 1.35 bits per heavy atom. The molecule has 4 heteroatoms. The summed E-state index contributed by atoms with van der Waals surface area (Å²) in [7, 11) is 0. The van der Waals surface area contributed by atoms with E-state index in [9.17, 15) is 4.79 Å². The van der Waals surface area contributed by atoms with Gasteiger partial charge >= 0.3 is 0 Å². The second kappa shape index (κ2) is 7.90. The minimum absolute atomic E-state index is 0.0793. The van der Waals surface area contributed by atoms with E-state index < -0.39 is 0 Å². The topological polar surface area (TPSA) is 50.4 Å². The third-order valence-electron chi connectivity index (χ3n) is 3.70. The quantitative estimate of drug-likeness (QED) is 0.840. The molecule has 1 aromatic rings. The molecule has 0 aromatic heterocycles. The first-order chi connectivity index (χ1) is 9.79. The first-order valence-corrected chi connectivity index (χ1v) is 7.52. The Kier molecular flexibility index (Phi) is 5.87. The van der Waals surface area contributed by atoms with Crippen LogP contribution in [0.1, 0.15) is 32.6 Å². The van der Waals surface area contributed by atoms with Gasteiger partial charge in [0.2, 0.25) is 5.91 Å². The van der Waals surface area contributed by atoms with Gasteiger partial charge in [0.15, 0.2) is 0 Å². The summed E-state index contributed by atoms with van der Waals surface area (Å²) < 4.78 is 5.51. The summed E-state index contributed by atoms with van der Waals surface area (Å²) in [6.45, 7) is 4.70. The van der Waals surface area contributed by atoms with E-state index >= 15 is 0 Å². The average molecular weight is 276 g/mol. The molecular weight excluding hydrogens is 252 g/mol. The van der Waals surface area contributed by atoms with Crippen molar-refractivity contribution in [1.82, 2.24) is 5.32 Å². The maximum absolute atomic E-state index is 12.0. The van der Waals surface area contributed by atoms with Gasteiger partial charge in [0.05, 0.1) is 12.3 Å². The normalized spacial score (nSPS) is 15.8. The lowest BCUT2D eigenvalue weighted by molar-refractivity contribution is -0.116. The molecule has 0 unspecified atom stereocenters. The summed E-state index contributed by atoms with van der Waals surface area (Å²) in [5.41, 5.74) is 0.768. The molecule has 0 saturated carbocycles. The number of benzene rings is 1. The zero-order chi connectivity index (χ0) is 14.2. The van der Waals surface area contributed by atoms with Crippen LogP contribution < -0.4 is 15.4 Å². The Labute approximate surface area is 120 Å². The fourth-order valence-corrected chi connectivity index (χ4v) is 2.57. The lowest BCUT2D eigenvalue weighted by Gasteiger charge is -2.22. The maximum Gasteiger partial charge on any atom is 0.224 e. The second-order valence-corrected chi connectivity index (χ2v) is 5.21. The summed E-state index contributed by atoms with van der Waals surface area (Å²) in [4.78, 5) is 12.0. The Morgan fingerprint density at radius 3 is 2.85 bits per heavy atom. The van der Waals surface area contributed by atoms with Crippen molar-refractivity contribution in [3.05, 3.63) is 24.3 Å². The van der Waals surface area contributed by atoms with Gasteiger partial charge in [0, 0.05) is 6.42 Å². The first-order valence-electron chi connectivity index (χ1n) is 7.52. The summed E-state index contributed by atoms with van der Waals surface area (Å²) in [5.74, 6) is 1.50. The molecule has 1 aliphatic rings. The molecule has 0 atom stereocenters. The standard InChI is InChI=1S/C16H24N2O2/c1-2-20-15-6-4-3-5-14(15)18-16(19)8-7-13-9-11-17-12-10-13/h3-6,13,17H,2,7-12H2,1H3,(H,18,19). The van der Waals surface area contributed by atoms with Gasteiger partial charge in [-0.2, -0.15) is 0 Å². The van der Waals surface area contributed by atoms with Gasteiger partial charge in [0.1, 0.15) is 5.75 Å². The van der Waals surface area contributed by atoms with Crippen molar-refractivity contribution < 1.29 is 9.53 Å². The minimum atomic E-state index is 0.0793. The highest BCUT2D eigenvalue weighted by Crippen LogP contribution is 2.24. The maximum atomic E-state index is 12.0. The fraction of sp³-hybridized carbons (Fsp3) is 0.562. The highest BCUT2D eigenvalue weighted by Gasteiger charge is 2.15. The molecule has 1 fully saturated rings. The van der Waals surface area contributed by atoms with E-state index in [4.69, 9.17) is 4.74 Å². The number of hydrogen-bond donors (Lipinski definition) is 2. The number of ether oxygens (including phenoxy) is 1. The highest BCUT2D eigenvalue weighted by molar-refractivity contribution is 5.92. The predicted octanol–water partition coefficient (Wildman–Crippen LogP) is 2.80. The molecule has 1 aliphatic heterocycles. The average Bonchev–Trinajstić information content (AvgIpc) is 2.49. The van der Waals surface area contributed by atoms with E-state index in [2.05, 4.69) is 10.6 Å². The van der Waals surface area contributed by atoms with Crippen molar-refractivity contribution in [3.63, 3.8) is 0 Å². The molecule has 1 aromatic carbocycles. The van der Waals surface area contributed by atoms with Gasteiger partial charge in [0.25, 0.3) is 0 Å². The van der Waals surface area contributed by atoms with E-state index in [1.807, 2.05) is 31.2 Å². The lowest BCUT2D eigenvalue weighted by Crippen LogP contribution is -2.28. The minimum Gasteiger partial charge on any atom is -0.492 e. The molecule has 4 nitrogen and oxygen atoms in total. The van der Waals surface area contributed by atoms with Gasteiger partial charge in [-0.3, -0.25) is 4.79 Å². The van der Waals surface area contributed by atoms with Crippen molar-refractivity contribution in [1.29, 1.82) is 0 Å². The van der Waals surface area contributed by atoms with Crippen molar-refractivity contribution >= 4 is 11.6 Å². The van der Waals surface area contributed by atoms with Crippen LogP contribution in [0.2, 0.25) is 0 Å². The van der Waals surface area contributed by atoms with Crippen LogP contribution in [0.15, 0.2) is 24.3 Å². The molecule has 1 amide bonds. The molecular formula is C16H24N2O2. The van der Waals surface area contributed by atoms with Gasteiger partial charge < -0.3 is 15.4 Å². The molecule has 1 heterocycles. The zero-order valence-electron chi connectivity index (χ0n) is 12.2. The third kappa shape index (κ3) is 4.53. The Hall–Kier alpha value is -1.55. The first kappa shape index (κ1) is 14.9. The Balaban J connectivity index is 1.81. The van der Waals surface area contributed by atoms with Crippen LogP contribution in [0.5, 0.6) is 5.75 Å². The fourth-order valence-electron chi connectivity index (χ4n) is 2.57. The molecule has 0 aliphatic carbocycles. The van der Waals surface area contributed by atoms with Crippen molar-refractivity contribution in [2.24, 2.45) is 5.92 Å². The van der Waals surface area contributed by atoms with Crippen LogP contribution in [0, 0.1) is 5.92 Å². The third-order valence-corrected chi connectivity index (χ3v) is 3.70. The van der Waals surface area contributed by atoms with Gasteiger partial charge in [-0.05, 0) is 57.3 Å². The van der Waals surface area contributed by atoms with Crippen LogP contribution in [-0.4, -0.2) is 25.6 Å². The highest BCUT2D eigenvalue weighted by atomic mass is 16.5. The van der Waals surface area contributed by atoms with E-state index in [1.54, 1.807) is 0 Å². The Morgan fingerprint density at radius 2 is 2.10 bits per heavy atom. The van der Waals surface area contributed by atoms with E-state index in [1.165, 1.54) is 12.8 Å². The molecule has 0 radical (unpaired) electrons. The number of amides is 1. The number of piperidine rings is 1. The van der Waals surface area contributed by atoms with E-state index in [0.717, 1.165) is 30.9 Å². The summed E-state index contributed by atoms with van der Waals surface area (Å²) in [6, 6.07) is 7.58. The van der Waals surface area contributed by atoms with E-state index in [-0.39, 0.29) is 5.91 Å². The molecule has 1 saturated heterocycles. The van der Waals surface area contributed by atoms with Crippen LogP contribution in [0.25, 0.3) is 0 Å². The van der Waals surface area contributed by atoms with Crippen LogP contribution >= 0.6 is 0 Å². The van der Waals surface area contributed by atoms with Gasteiger partial charge in [-0.15, -0.1) is 0 Å². The number of carbonyl (C=O) groups is 1. The summed E-state index contributed by atoms with van der Waals surface area (Å²) >= 11 is 0. The zero-order valence-corrected chi connectivity index (χ0v) is 12.2. The number of carbonyl (C=O) groups excluding carboxylic acids is 1. The Bertz CT molecular complexity index is 428. The van der Waals surface area contributed by atoms with Gasteiger partial charge in [-0.25, -0.2) is 0 Å². The largest absolute Gasteiger partial charge is 0.492 e. The van der Waals surface area contributed by atoms with Crippen LogP contribution in [-0.2, 0) is 4.79 Å². The van der Waals surface area contributed by atoms with Crippen molar-refractivity contribution in [3.8, 4) is 5.75 Å². The molecule has 110 valence electrons. The molecule has 0 spiro atoms. The van der Waals surface area contributed by atoms with Crippen LogP contribution in [0.3, 0.4) is 0 Å². The predicted molar refractivity (Wildman–Crippen MR) is 81.1 cm³/mol. The number of rotatable bonds is 6. The molecule has 20 heavy (non-hydrogen) atoms. The van der Waals surface area contributed by atoms with Crippen molar-refractivity contribution in [2.75, 3.05) is 25.0 Å². The second-order valence-electron chi connectivity index (χ2n) is 5.21. The van der Waals surface area contributed by atoms with E-state index in [0.29, 0.717) is 18.9 Å². The lowest BCUT2D eigenvalue weighted by atomic mass is 9.93. The smallest absolute Gasteiger partial charge is 0.224 e. The molecule has 2 rings (SSSR count). The number of anilines is 1. The van der Waals surface area contributed by atoms with Gasteiger partial charge in [-0.1, -0.05) is 12.1 Å². The van der Waals surface area contributed by atoms with Crippen LogP contribution in [0.4, 0.5) is 5.69 Å². The molecule has 2 N–H and O–H groups in total. The molecule has 0 bridgehead atoms. The number of nitrogens with one attached hydrogen (secondary N) is 2. The van der Waals surface area contributed by atoms with Crippen molar-refractivity contribution in [2.45, 2.75) is 32.6 Å².